The molecular formula is C34H42N5O6+. The summed E-state index contributed by atoms with van der Waals surface area (Å²) in [5.74, 6) is -1.48. The zero-order valence-corrected chi connectivity index (χ0v) is 26.3. The lowest BCUT2D eigenvalue weighted by molar-refractivity contribution is -0.788. The number of Topliss-reactive ketones (excluding diaryl/α,β-unsaturated/α-hetero) is 1. The van der Waals surface area contributed by atoms with Crippen LogP contribution in [0.25, 0.3) is 12.2 Å². The molecule has 0 bridgehead atoms. The highest BCUT2D eigenvalue weighted by Crippen LogP contribution is 2.32. The molecule has 1 aromatic heterocycles. The third kappa shape index (κ3) is 7.98. The summed E-state index contributed by atoms with van der Waals surface area (Å²) in [5, 5.41) is 3.82. The van der Waals surface area contributed by atoms with Crippen LogP contribution < -0.4 is 5.73 Å². The zero-order valence-electron chi connectivity index (χ0n) is 26.3. The van der Waals surface area contributed by atoms with Gasteiger partial charge in [-0.15, -0.1) is 0 Å². The second-order valence-corrected chi connectivity index (χ2v) is 12.1. The number of urea groups is 1. The summed E-state index contributed by atoms with van der Waals surface area (Å²) in [5.41, 5.74) is 7.97. The van der Waals surface area contributed by atoms with E-state index in [1.807, 2.05) is 69.3 Å². The van der Waals surface area contributed by atoms with E-state index in [9.17, 15) is 19.2 Å². The summed E-state index contributed by atoms with van der Waals surface area (Å²) in [6.07, 6.45) is 3.69. The lowest BCUT2D eigenvalue weighted by atomic mass is 10.0. The Balaban J connectivity index is 1.53. The maximum absolute atomic E-state index is 14.4. The van der Waals surface area contributed by atoms with Crippen LogP contribution >= 0.6 is 0 Å². The van der Waals surface area contributed by atoms with Crippen molar-refractivity contribution in [3.63, 3.8) is 0 Å². The molecule has 1 aliphatic heterocycles. The number of carbonyl (C=O) groups excluding carboxylic acids is 4. The van der Waals surface area contributed by atoms with E-state index in [1.165, 1.54) is 0 Å². The van der Waals surface area contributed by atoms with Gasteiger partial charge < -0.3 is 15.0 Å². The van der Waals surface area contributed by atoms with Gasteiger partial charge in [0.1, 0.15) is 18.7 Å². The van der Waals surface area contributed by atoms with Crippen molar-refractivity contribution in [1.29, 1.82) is 0 Å². The highest BCUT2D eigenvalue weighted by Gasteiger charge is 2.57. The van der Waals surface area contributed by atoms with E-state index in [0.717, 1.165) is 16.0 Å². The maximum atomic E-state index is 14.4. The first-order valence-electron chi connectivity index (χ1n) is 15.3. The van der Waals surface area contributed by atoms with Crippen LogP contribution in [0.4, 0.5) is 9.59 Å². The van der Waals surface area contributed by atoms with E-state index in [2.05, 4.69) is 10.1 Å². The number of aromatic nitrogens is 2. The fourth-order valence-electron chi connectivity index (χ4n) is 5.51. The molecule has 1 saturated heterocycles. The van der Waals surface area contributed by atoms with E-state index >= 15 is 0 Å². The first-order valence-corrected chi connectivity index (χ1v) is 15.3. The fraction of sp³-hybridized carbons (Fsp3) is 0.412. The molecule has 2 aromatic carbocycles. The molecule has 0 spiro atoms. The number of hydrogen-bond acceptors (Lipinski definition) is 9. The van der Waals surface area contributed by atoms with Gasteiger partial charge in [-0.1, -0.05) is 86.6 Å². The van der Waals surface area contributed by atoms with Crippen LogP contribution in [-0.4, -0.2) is 68.5 Å². The smallest absolute Gasteiger partial charge is 0.436 e. The second kappa shape index (κ2) is 15.0. The average molecular weight is 617 g/mol. The number of ether oxygens (including phenoxy) is 1. The summed E-state index contributed by atoms with van der Waals surface area (Å²) in [6.45, 7) is 7.23. The van der Waals surface area contributed by atoms with Crippen molar-refractivity contribution in [3.8, 4) is 0 Å². The minimum Gasteiger partial charge on any atom is -0.444 e. The molecule has 1 fully saturated rings. The van der Waals surface area contributed by atoms with Crippen LogP contribution in [0.5, 0.6) is 0 Å². The van der Waals surface area contributed by atoms with E-state index in [-0.39, 0.29) is 49.8 Å². The minimum absolute atomic E-state index is 0.0616. The summed E-state index contributed by atoms with van der Waals surface area (Å²) < 4.78 is 10.2. The van der Waals surface area contributed by atoms with Crippen LogP contribution in [0, 0.1) is 11.8 Å². The molecule has 11 nitrogen and oxygen atoms in total. The van der Waals surface area contributed by atoms with Crippen molar-refractivity contribution < 1.29 is 32.9 Å². The van der Waals surface area contributed by atoms with Gasteiger partial charge in [-0.05, 0) is 36.0 Å². The molecule has 4 atom stereocenters. The SMILES string of the molecule is CC(C)[C@H](N)C(=O)[N+]1(C(=O)N(C[C@@H](C)CC(=O)c2noc(C=Cc3ccccc3)n2)C(=O)OCc2ccccc2)CCC[C@H]1C. The highest BCUT2D eigenvalue weighted by atomic mass is 16.6. The Morgan fingerprint density at radius 2 is 1.71 bits per heavy atom. The predicted molar refractivity (Wildman–Crippen MR) is 168 cm³/mol. The van der Waals surface area contributed by atoms with Crippen LogP contribution in [0.2, 0.25) is 0 Å². The van der Waals surface area contributed by atoms with E-state index in [1.54, 1.807) is 31.2 Å². The molecule has 4 amide bonds. The Hall–Kier alpha value is -4.48. The van der Waals surface area contributed by atoms with E-state index in [4.69, 9.17) is 15.0 Å². The number of nitrogens with zero attached hydrogens (tertiary/aromatic N) is 4. The summed E-state index contributed by atoms with van der Waals surface area (Å²) >= 11 is 0. The highest BCUT2D eigenvalue weighted by molar-refractivity contribution is 5.95. The van der Waals surface area contributed by atoms with Crippen molar-refractivity contribution in [3.05, 3.63) is 83.5 Å². The Morgan fingerprint density at radius 1 is 1.04 bits per heavy atom. The predicted octanol–water partition coefficient (Wildman–Crippen LogP) is 5.72. The number of carbonyl (C=O) groups is 4. The molecule has 45 heavy (non-hydrogen) atoms. The number of quaternary nitrogens is 1. The molecule has 1 aliphatic rings. The summed E-state index contributed by atoms with van der Waals surface area (Å²) in [7, 11) is 0. The number of benzene rings is 2. The fourth-order valence-corrected chi connectivity index (χ4v) is 5.51. The van der Waals surface area contributed by atoms with Gasteiger partial charge in [0, 0.05) is 31.9 Å². The standard InChI is InChI=1S/C34H42N5O6/c1-23(2)30(35)32(41)39(19-11-12-25(39)4)33(42)38(34(43)44-22-27-15-9-6-10-16-27)21-24(3)20-28(40)31-36-29(45-37-31)18-17-26-13-7-5-8-14-26/h5-10,13-18,23-25,30H,11-12,19-22,35H2,1-4H3/q+1/t24-,25+,30-,39?/m0/s1. The zero-order chi connectivity index (χ0) is 32.6. The van der Waals surface area contributed by atoms with Gasteiger partial charge in [0.05, 0.1) is 6.54 Å². The van der Waals surface area contributed by atoms with Gasteiger partial charge in [-0.2, -0.15) is 14.4 Å². The second-order valence-electron chi connectivity index (χ2n) is 12.1. The molecule has 2 heterocycles. The maximum Gasteiger partial charge on any atom is 0.436 e. The van der Waals surface area contributed by atoms with Crippen molar-refractivity contribution in [2.45, 2.75) is 65.6 Å². The molecule has 0 saturated carbocycles. The number of rotatable bonds is 11. The third-order valence-corrected chi connectivity index (χ3v) is 8.22. The molecule has 0 aliphatic carbocycles. The topological polar surface area (TPSA) is 146 Å². The molecular weight excluding hydrogens is 574 g/mol. The first kappa shape index (κ1) is 33.4. The number of imide groups is 2. The number of likely N-dealkylation sites (tertiary alicyclic amines) is 1. The van der Waals surface area contributed by atoms with Gasteiger partial charge in [-0.3, -0.25) is 4.79 Å². The van der Waals surface area contributed by atoms with E-state index in [0.29, 0.717) is 12.8 Å². The van der Waals surface area contributed by atoms with Crippen molar-refractivity contribution in [2.24, 2.45) is 17.6 Å². The van der Waals surface area contributed by atoms with Crippen molar-refractivity contribution in [1.82, 2.24) is 15.0 Å². The Morgan fingerprint density at radius 3 is 2.33 bits per heavy atom. The molecule has 2 N–H and O–H groups in total. The molecule has 4 rings (SSSR count). The van der Waals surface area contributed by atoms with Crippen molar-refractivity contribution in [2.75, 3.05) is 13.1 Å². The van der Waals surface area contributed by atoms with Gasteiger partial charge in [0.15, 0.2) is 0 Å². The van der Waals surface area contributed by atoms with Crippen molar-refractivity contribution >= 4 is 36.0 Å². The average Bonchev–Trinajstić information content (AvgIpc) is 3.68. The monoisotopic (exact) mass is 616 g/mol. The number of hydrogen-bond donors (Lipinski definition) is 1. The van der Waals surface area contributed by atoms with Gasteiger partial charge in [-0.25, -0.2) is 14.4 Å². The Bertz CT molecular complexity index is 1510. The van der Waals surface area contributed by atoms with Crippen LogP contribution in [0.3, 0.4) is 0 Å². The Labute approximate surface area is 263 Å². The quantitative estimate of drug-likeness (QED) is 0.211. The minimum atomic E-state index is -0.890. The molecule has 238 valence electrons. The van der Waals surface area contributed by atoms with E-state index < -0.39 is 40.3 Å². The van der Waals surface area contributed by atoms with Crippen LogP contribution in [0.15, 0.2) is 65.2 Å². The number of ketones is 1. The Kier molecular flexibility index (Phi) is 11.1. The lowest BCUT2D eigenvalue weighted by Crippen LogP contribution is -2.68. The lowest BCUT2D eigenvalue weighted by Gasteiger charge is -2.38. The summed E-state index contributed by atoms with van der Waals surface area (Å²) in [4.78, 5) is 60.0. The number of nitrogens with two attached hydrogens (primary N) is 1. The largest absolute Gasteiger partial charge is 0.444 e. The van der Waals surface area contributed by atoms with Crippen LogP contribution in [-0.2, 0) is 16.1 Å². The van der Waals surface area contributed by atoms with Crippen LogP contribution in [0.1, 0.15) is 74.6 Å². The van der Waals surface area contributed by atoms with Gasteiger partial charge in [0.25, 0.3) is 5.89 Å². The first-order chi connectivity index (χ1) is 21.5. The normalized spacial score (nSPS) is 19.4. The number of amides is 4. The third-order valence-electron chi connectivity index (χ3n) is 8.22. The molecule has 3 aromatic rings. The molecule has 1 unspecified atom stereocenters. The molecule has 11 heteroatoms. The van der Waals surface area contributed by atoms with Gasteiger partial charge in [0.2, 0.25) is 11.6 Å². The summed E-state index contributed by atoms with van der Waals surface area (Å²) in [6, 6.07) is 16.7. The molecule has 0 radical (unpaired) electrons. The van der Waals surface area contributed by atoms with Gasteiger partial charge >= 0.3 is 18.0 Å².